The van der Waals surface area contributed by atoms with E-state index in [4.69, 9.17) is 0 Å². The molecule has 54 valence electrons. The van der Waals surface area contributed by atoms with Crippen LogP contribution in [0.2, 0.25) is 0 Å². The molecule has 0 spiro atoms. The number of hydrogen-bond acceptors (Lipinski definition) is 2. The van der Waals surface area contributed by atoms with Crippen molar-refractivity contribution in [2.45, 2.75) is 0 Å². The van der Waals surface area contributed by atoms with Crippen molar-refractivity contribution in [1.82, 2.24) is 9.80 Å². The summed E-state index contributed by atoms with van der Waals surface area (Å²) in [6, 6.07) is 0. The predicted octanol–water partition coefficient (Wildman–Crippen LogP) is 0.375. The van der Waals surface area contributed by atoms with E-state index in [1.807, 2.05) is 18.1 Å². The smallest absolute Gasteiger partial charge is 0.251 e. The summed E-state index contributed by atoms with van der Waals surface area (Å²) in [5.41, 5.74) is 0. The molecule has 0 saturated heterocycles. The molecule has 1 heterocycles. The van der Waals surface area contributed by atoms with Gasteiger partial charge in [0.15, 0.2) is 0 Å². The molecule has 1 aliphatic heterocycles. The molecule has 1 amide bonds. The van der Waals surface area contributed by atoms with Crippen LogP contribution in [0, 0.1) is 0 Å². The molecule has 0 aromatic heterocycles. The third-order valence-corrected chi connectivity index (χ3v) is 1.33. The van der Waals surface area contributed by atoms with Gasteiger partial charge < -0.3 is 9.80 Å². The van der Waals surface area contributed by atoms with Gasteiger partial charge in [-0.3, -0.25) is 4.79 Å². The Bertz CT molecular complexity index is 196. The topological polar surface area (TPSA) is 23.6 Å². The summed E-state index contributed by atoms with van der Waals surface area (Å²) < 4.78 is 0. The zero-order valence-corrected chi connectivity index (χ0v) is 6.11. The van der Waals surface area contributed by atoms with Crippen molar-refractivity contribution in [3.63, 3.8) is 0 Å². The van der Waals surface area contributed by atoms with Crippen LogP contribution in [0.15, 0.2) is 24.7 Å². The number of hydrogen-bond donors (Lipinski definition) is 0. The van der Waals surface area contributed by atoms with E-state index in [2.05, 4.69) is 0 Å². The van der Waals surface area contributed by atoms with Gasteiger partial charge in [-0.15, -0.1) is 0 Å². The van der Waals surface area contributed by atoms with Crippen molar-refractivity contribution >= 4 is 5.91 Å². The second-order valence-electron chi connectivity index (χ2n) is 2.23. The Morgan fingerprint density at radius 1 is 1.20 bits per heavy atom. The van der Waals surface area contributed by atoms with E-state index in [-0.39, 0.29) is 5.91 Å². The number of carbonyl (C=O) groups is 1. The van der Waals surface area contributed by atoms with Gasteiger partial charge >= 0.3 is 0 Å². The summed E-state index contributed by atoms with van der Waals surface area (Å²) in [5, 5.41) is 0. The minimum atomic E-state index is 0.000556. The Kier molecular flexibility index (Phi) is 1.76. The second-order valence-corrected chi connectivity index (χ2v) is 2.23. The molecule has 0 atom stereocenters. The van der Waals surface area contributed by atoms with Gasteiger partial charge in [0.25, 0.3) is 5.91 Å². The minimum Gasteiger partial charge on any atom is -0.356 e. The molecule has 0 aromatic carbocycles. The fourth-order valence-corrected chi connectivity index (χ4v) is 0.627. The molecular weight excluding hydrogens is 128 g/mol. The van der Waals surface area contributed by atoms with E-state index < -0.39 is 0 Å². The highest BCUT2D eigenvalue weighted by Crippen LogP contribution is 1.97. The monoisotopic (exact) mass is 138 g/mol. The number of likely N-dealkylation sites (N-methyl/N-ethyl adjacent to an activating group) is 1. The SMILES string of the molecule is CN1C=CC(=O)N(C)C=C1. The summed E-state index contributed by atoms with van der Waals surface area (Å²) in [5.74, 6) is 0.000556. The highest BCUT2D eigenvalue weighted by atomic mass is 16.2. The molecule has 3 nitrogen and oxygen atoms in total. The maximum atomic E-state index is 10.9. The lowest BCUT2D eigenvalue weighted by atomic mass is 10.5. The molecule has 0 fully saturated rings. The maximum Gasteiger partial charge on any atom is 0.251 e. The molecule has 0 aliphatic carbocycles. The molecule has 0 N–H and O–H groups in total. The molecule has 0 saturated carbocycles. The normalized spacial score (nSPS) is 18.0. The third kappa shape index (κ3) is 1.37. The van der Waals surface area contributed by atoms with Gasteiger partial charge in [0.05, 0.1) is 0 Å². The van der Waals surface area contributed by atoms with E-state index >= 15 is 0 Å². The van der Waals surface area contributed by atoms with E-state index in [0.29, 0.717) is 0 Å². The maximum absolute atomic E-state index is 10.9. The molecule has 1 rings (SSSR count). The van der Waals surface area contributed by atoms with Gasteiger partial charge in [0.2, 0.25) is 0 Å². The van der Waals surface area contributed by atoms with Crippen LogP contribution in [0.25, 0.3) is 0 Å². The van der Waals surface area contributed by atoms with Gasteiger partial charge in [-0.1, -0.05) is 0 Å². The molecule has 0 aromatic rings. The Morgan fingerprint density at radius 3 is 2.60 bits per heavy atom. The van der Waals surface area contributed by atoms with Crippen LogP contribution in [0.5, 0.6) is 0 Å². The van der Waals surface area contributed by atoms with Crippen LogP contribution in [0.3, 0.4) is 0 Å². The number of nitrogens with zero attached hydrogens (tertiary/aromatic N) is 2. The highest BCUT2D eigenvalue weighted by Gasteiger charge is 2.02. The first-order chi connectivity index (χ1) is 4.70. The third-order valence-electron chi connectivity index (χ3n) is 1.33. The average Bonchev–Trinajstić information content (AvgIpc) is 2.04. The highest BCUT2D eigenvalue weighted by molar-refractivity contribution is 5.88. The summed E-state index contributed by atoms with van der Waals surface area (Å²) >= 11 is 0. The van der Waals surface area contributed by atoms with E-state index in [0.717, 1.165) is 0 Å². The van der Waals surface area contributed by atoms with Gasteiger partial charge in [-0.05, 0) is 0 Å². The van der Waals surface area contributed by atoms with Crippen molar-refractivity contribution in [2.75, 3.05) is 14.1 Å². The molecule has 10 heavy (non-hydrogen) atoms. The zero-order valence-electron chi connectivity index (χ0n) is 6.11. The number of amides is 1. The minimum absolute atomic E-state index is 0.000556. The number of carbonyl (C=O) groups excluding carboxylic acids is 1. The lowest BCUT2D eigenvalue weighted by Crippen LogP contribution is -2.16. The van der Waals surface area contributed by atoms with Crippen LogP contribution in [-0.4, -0.2) is 29.8 Å². The molecule has 3 heteroatoms. The van der Waals surface area contributed by atoms with Crippen molar-refractivity contribution in [1.29, 1.82) is 0 Å². The van der Waals surface area contributed by atoms with Crippen LogP contribution in [0.1, 0.15) is 0 Å². The van der Waals surface area contributed by atoms with E-state index in [9.17, 15) is 4.79 Å². The lowest BCUT2D eigenvalue weighted by Gasteiger charge is -2.05. The van der Waals surface area contributed by atoms with Gasteiger partial charge in [0.1, 0.15) is 0 Å². The van der Waals surface area contributed by atoms with Crippen LogP contribution >= 0.6 is 0 Å². The Morgan fingerprint density at radius 2 is 1.90 bits per heavy atom. The molecular formula is C7H10N2O. The molecule has 1 aliphatic rings. The first kappa shape index (κ1) is 6.86. The summed E-state index contributed by atoms with van der Waals surface area (Å²) in [4.78, 5) is 14.3. The Hall–Kier alpha value is -1.25. The standard InChI is InChI=1S/C7H10N2O/c1-8-4-3-7(10)9(2)6-5-8/h3-6H,1-2H3. The molecule has 0 bridgehead atoms. The van der Waals surface area contributed by atoms with Crippen molar-refractivity contribution in [3.05, 3.63) is 24.7 Å². The Balaban J connectivity index is 2.79. The van der Waals surface area contributed by atoms with E-state index in [1.54, 1.807) is 19.4 Å². The Labute approximate surface area is 60.2 Å². The van der Waals surface area contributed by atoms with Crippen LogP contribution in [0.4, 0.5) is 0 Å². The van der Waals surface area contributed by atoms with Gasteiger partial charge in [-0.25, -0.2) is 0 Å². The van der Waals surface area contributed by atoms with Gasteiger partial charge in [0, 0.05) is 38.8 Å². The number of rotatable bonds is 0. The van der Waals surface area contributed by atoms with Crippen LogP contribution in [-0.2, 0) is 4.79 Å². The van der Waals surface area contributed by atoms with Gasteiger partial charge in [-0.2, -0.15) is 0 Å². The molecule has 0 unspecified atom stereocenters. The summed E-state index contributed by atoms with van der Waals surface area (Å²) in [7, 11) is 3.60. The first-order valence-corrected chi connectivity index (χ1v) is 3.05. The zero-order chi connectivity index (χ0) is 7.56. The second kappa shape index (κ2) is 2.56. The largest absolute Gasteiger partial charge is 0.356 e. The average molecular weight is 138 g/mol. The van der Waals surface area contributed by atoms with Crippen LogP contribution < -0.4 is 0 Å². The van der Waals surface area contributed by atoms with Crippen molar-refractivity contribution in [3.8, 4) is 0 Å². The van der Waals surface area contributed by atoms with Crippen molar-refractivity contribution in [2.24, 2.45) is 0 Å². The fraction of sp³-hybridized carbons (Fsp3) is 0.286. The molecule has 0 radical (unpaired) electrons. The quantitative estimate of drug-likeness (QED) is 0.483. The lowest BCUT2D eigenvalue weighted by molar-refractivity contribution is -0.122. The first-order valence-electron chi connectivity index (χ1n) is 3.05. The fourth-order valence-electron chi connectivity index (χ4n) is 0.627. The predicted molar refractivity (Wildman–Crippen MR) is 38.8 cm³/mol. The summed E-state index contributed by atoms with van der Waals surface area (Å²) in [6.45, 7) is 0. The van der Waals surface area contributed by atoms with Crippen molar-refractivity contribution < 1.29 is 4.79 Å². The summed E-state index contributed by atoms with van der Waals surface area (Å²) in [6.07, 6.45) is 6.80. The van der Waals surface area contributed by atoms with E-state index in [1.165, 1.54) is 11.0 Å².